The fourth-order valence-electron chi connectivity index (χ4n) is 4.10. The summed E-state index contributed by atoms with van der Waals surface area (Å²) in [6, 6.07) is 8.07. The van der Waals surface area contributed by atoms with Crippen LogP contribution in [0.15, 0.2) is 36.4 Å². The van der Waals surface area contributed by atoms with Gasteiger partial charge in [-0.25, -0.2) is 0 Å². The monoisotopic (exact) mass is 635 g/mol. The van der Waals surface area contributed by atoms with E-state index < -0.39 is 35.7 Å². The second kappa shape index (κ2) is 13.6. The van der Waals surface area contributed by atoms with Gasteiger partial charge < -0.3 is 32.2 Å². The maximum absolute atomic E-state index is 13.5. The summed E-state index contributed by atoms with van der Waals surface area (Å²) in [7, 11) is 0. The van der Waals surface area contributed by atoms with Crippen molar-refractivity contribution in [1.82, 2.24) is 10.6 Å². The van der Waals surface area contributed by atoms with Crippen LogP contribution < -0.4 is 32.2 Å². The van der Waals surface area contributed by atoms with Crippen LogP contribution in [0.4, 0.5) is 5.69 Å². The number of unbranched alkanes of at least 4 members (excludes halogenated alkanes) is 1. The number of nitrogens with one attached hydrogen (secondary N) is 3. The maximum atomic E-state index is 13.5. The van der Waals surface area contributed by atoms with Gasteiger partial charge in [-0.05, 0) is 84.6 Å². The third kappa shape index (κ3) is 7.44. The summed E-state index contributed by atoms with van der Waals surface area (Å²) >= 11 is 2.11. The highest BCUT2D eigenvalue weighted by Crippen LogP contribution is 2.26. The first-order chi connectivity index (χ1) is 18.1. The number of ether oxygens (including phenoxy) is 1. The molecule has 204 valence electrons. The third-order valence-electron chi connectivity index (χ3n) is 6.58. The van der Waals surface area contributed by atoms with E-state index >= 15 is 0 Å². The Morgan fingerprint density at radius 2 is 1.87 bits per heavy atom. The number of nitrogens with two attached hydrogens (primary N) is 2. The minimum absolute atomic E-state index is 0.00845. The molecule has 1 heterocycles. The molecule has 1 aliphatic heterocycles. The number of carbonyl (C=O) groups is 4. The Kier molecular flexibility index (Phi) is 10.5. The quantitative estimate of drug-likeness (QED) is 0.232. The molecule has 0 spiro atoms. The van der Waals surface area contributed by atoms with Crippen LogP contribution in [0.1, 0.15) is 65.8 Å². The normalized spacial score (nSPS) is 19.0. The molecule has 0 bridgehead atoms. The molecular formula is C27H34IN5O5. The SMILES string of the molecule is CC[C@H](C)[C@@H]1NC(=O)c2cc(I)ccc2OCc2ccc(C(N)=O)cc2NC(=O)[C@H](CCCCN)NC1=O. The molecule has 38 heavy (non-hydrogen) atoms. The number of fused-ring (bicyclic) bond motifs is 2. The van der Waals surface area contributed by atoms with Crippen molar-refractivity contribution >= 4 is 51.9 Å². The van der Waals surface area contributed by atoms with Crippen LogP contribution in [-0.4, -0.2) is 42.3 Å². The van der Waals surface area contributed by atoms with Crippen molar-refractivity contribution in [1.29, 1.82) is 0 Å². The molecule has 0 aliphatic carbocycles. The van der Waals surface area contributed by atoms with Crippen molar-refractivity contribution in [2.45, 2.75) is 58.2 Å². The van der Waals surface area contributed by atoms with E-state index in [9.17, 15) is 19.2 Å². The second-order valence-corrected chi connectivity index (χ2v) is 10.6. The predicted octanol–water partition coefficient (Wildman–Crippen LogP) is 2.68. The Bertz CT molecular complexity index is 1200. The standard InChI is InChI=1S/C27H34IN5O5/c1-3-15(2)23-27(37)31-20(6-4-5-11-29)26(36)32-21-12-16(24(30)34)7-8-17(21)14-38-22-10-9-18(28)13-19(22)25(35)33-23/h7-10,12-13,15,20,23H,3-6,11,14,29H2,1-2H3,(H2,30,34)(H,31,37)(H,32,36)(H,33,35)/t15-,20-,23-/m0/s1. The smallest absolute Gasteiger partial charge is 0.255 e. The van der Waals surface area contributed by atoms with Gasteiger partial charge in [-0.2, -0.15) is 0 Å². The van der Waals surface area contributed by atoms with Crippen molar-refractivity contribution in [2.75, 3.05) is 11.9 Å². The highest BCUT2D eigenvalue weighted by Gasteiger charge is 2.31. The van der Waals surface area contributed by atoms with Gasteiger partial charge in [-0.1, -0.05) is 26.3 Å². The number of carbonyl (C=O) groups excluding carboxylic acids is 4. The van der Waals surface area contributed by atoms with Crippen LogP contribution in [-0.2, 0) is 16.2 Å². The molecule has 0 aromatic heterocycles. The molecular weight excluding hydrogens is 601 g/mol. The van der Waals surface area contributed by atoms with Gasteiger partial charge in [0, 0.05) is 20.4 Å². The zero-order valence-electron chi connectivity index (χ0n) is 21.5. The minimum atomic E-state index is -0.889. The average Bonchev–Trinajstić information content (AvgIpc) is 2.89. The van der Waals surface area contributed by atoms with Gasteiger partial charge in [0.25, 0.3) is 5.91 Å². The van der Waals surface area contributed by atoms with Crippen molar-refractivity contribution in [3.63, 3.8) is 0 Å². The van der Waals surface area contributed by atoms with E-state index in [1.165, 1.54) is 6.07 Å². The number of halogens is 1. The Hall–Kier alpha value is -3.19. The molecule has 1 aliphatic rings. The molecule has 10 nitrogen and oxygen atoms in total. The van der Waals surface area contributed by atoms with Crippen LogP contribution in [0.5, 0.6) is 5.75 Å². The summed E-state index contributed by atoms with van der Waals surface area (Å²) in [4.78, 5) is 52.1. The lowest BCUT2D eigenvalue weighted by atomic mass is 9.96. The summed E-state index contributed by atoms with van der Waals surface area (Å²) in [5, 5.41) is 8.54. The van der Waals surface area contributed by atoms with Crippen molar-refractivity contribution in [3.05, 3.63) is 56.7 Å². The molecule has 0 saturated heterocycles. The number of amides is 4. The second-order valence-electron chi connectivity index (χ2n) is 9.34. The van der Waals surface area contributed by atoms with Gasteiger partial charge in [0.1, 0.15) is 24.4 Å². The molecule has 3 atom stereocenters. The van der Waals surface area contributed by atoms with Gasteiger partial charge >= 0.3 is 0 Å². The summed E-state index contributed by atoms with van der Waals surface area (Å²) < 4.78 is 6.85. The highest BCUT2D eigenvalue weighted by atomic mass is 127. The summed E-state index contributed by atoms with van der Waals surface area (Å²) in [5.74, 6) is -1.91. The van der Waals surface area contributed by atoms with Gasteiger partial charge in [-0.15, -0.1) is 0 Å². The first-order valence-electron chi connectivity index (χ1n) is 12.6. The van der Waals surface area contributed by atoms with Crippen LogP contribution >= 0.6 is 22.6 Å². The molecule has 11 heteroatoms. The average molecular weight is 636 g/mol. The van der Waals surface area contributed by atoms with Gasteiger partial charge in [-0.3, -0.25) is 19.2 Å². The van der Waals surface area contributed by atoms with E-state index in [1.54, 1.807) is 30.3 Å². The molecule has 0 saturated carbocycles. The number of rotatable bonds is 7. The lowest BCUT2D eigenvalue weighted by molar-refractivity contribution is -0.128. The van der Waals surface area contributed by atoms with Crippen LogP contribution in [0.25, 0.3) is 0 Å². The van der Waals surface area contributed by atoms with Gasteiger partial charge in [0.05, 0.1) is 5.56 Å². The zero-order valence-corrected chi connectivity index (χ0v) is 23.7. The van der Waals surface area contributed by atoms with Crippen molar-refractivity contribution in [2.24, 2.45) is 17.4 Å². The number of hydrogen-bond donors (Lipinski definition) is 5. The Labute approximate surface area is 235 Å². The maximum Gasteiger partial charge on any atom is 0.255 e. The van der Waals surface area contributed by atoms with E-state index in [4.69, 9.17) is 16.2 Å². The molecule has 0 radical (unpaired) electrons. The number of anilines is 1. The van der Waals surface area contributed by atoms with E-state index in [0.717, 1.165) is 3.57 Å². The fourth-order valence-corrected chi connectivity index (χ4v) is 4.59. The first-order valence-corrected chi connectivity index (χ1v) is 13.7. The van der Waals surface area contributed by atoms with Crippen LogP contribution in [0.3, 0.4) is 0 Å². The summed E-state index contributed by atoms with van der Waals surface area (Å²) in [6.45, 7) is 4.25. The van der Waals surface area contributed by atoms with E-state index in [1.807, 2.05) is 13.8 Å². The Morgan fingerprint density at radius 1 is 1.11 bits per heavy atom. The Balaban J connectivity index is 2.09. The van der Waals surface area contributed by atoms with Gasteiger partial charge in [0.15, 0.2) is 0 Å². The molecule has 3 rings (SSSR count). The van der Waals surface area contributed by atoms with Crippen LogP contribution in [0, 0.1) is 9.49 Å². The zero-order chi connectivity index (χ0) is 27.8. The van der Waals surface area contributed by atoms with Crippen LogP contribution in [0.2, 0.25) is 0 Å². The van der Waals surface area contributed by atoms with E-state index in [0.29, 0.717) is 49.2 Å². The lowest BCUT2D eigenvalue weighted by Gasteiger charge is -2.27. The largest absolute Gasteiger partial charge is 0.488 e. The number of hydrogen-bond acceptors (Lipinski definition) is 6. The molecule has 4 amide bonds. The predicted molar refractivity (Wildman–Crippen MR) is 153 cm³/mol. The van der Waals surface area contributed by atoms with Crippen molar-refractivity contribution in [3.8, 4) is 5.75 Å². The topological polar surface area (TPSA) is 166 Å². The Morgan fingerprint density at radius 3 is 2.55 bits per heavy atom. The lowest BCUT2D eigenvalue weighted by Crippen LogP contribution is -2.55. The van der Waals surface area contributed by atoms with Crippen molar-refractivity contribution < 1.29 is 23.9 Å². The molecule has 0 fully saturated rings. The minimum Gasteiger partial charge on any atom is -0.488 e. The number of benzene rings is 2. The van der Waals surface area contributed by atoms with Gasteiger partial charge in [0.2, 0.25) is 17.7 Å². The summed E-state index contributed by atoms with van der Waals surface area (Å²) in [6.07, 6.45) is 2.26. The molecule has 2 aromatic carbocycles. The molecule has 7 N–H and O–H groups in total. The highest BCUT2D eigenvalue weighted by molar-refractivity contribution is 14.1. The summed E-state index contributed by atoms with van der Waals surface area (Å²) in [5.41, 5.74) is 12.5. The van der Waals surface area contributed by atoms with E-state index in [-0.39, 0.29) is 23.7 Å². The fraction of sp³-hybridized carbons (Fsp3) is 0.407. The molecule has 2 aromatic rings. The first kappa shape index (κ1) is 29.4. The van der Waals surface area contributed by atoms with E-state index in [2.05, 4.69) is 38.5 Å². The third-order valence-corrected chi connectivity index (χ3v) is 7.25. The number of primary amides is 1. The molecule has 0 unspecified atom stereocenters.